The van der Waals surface area contributed by atoms with Gasteiger partial charge in [-0.05, 0) is 17.7 Å². The monoisotopic (exact) mass is 316 g/mol. The number of aromatic nitrogens is 2. The van der Waals surface area contributed by atoms with Crippen molar-refractivity contribution in [3.05, 3.63) is 53.9 Å². The van der Waals surface area contributed by atoms with E-state index in [-0.39, 0.29) is 24.3 Å². The maximum atomic E-state index is 12.9. The molecule has 2 heterocycles. The van der Waals surface area contributed by atoms with Crippen molar-refractivity contribution in [2.24, 2.45) is 7.05 Å². The van der Waals surface area contributed by atoms with Gasteiger partial charge in [0, 0.05) is 39.0 Å². The highest BCUT2D eigenvalue weighted by molar-refractivity contribution is 6.01. The summed E-state index contributed by atoms with van der Waals surface area (Å²) in [6.07, 6.45) is 4.03. The number of imidazole rings is 1. The van der Waals surface area contributed by atoms with Gasteiger partial charge in [-0.15, -0.1) is 0 Å². The van der Waals surface area contributed by atoms with Crippen LogP contribution in [-0.2, 0) is 24.8 Å². The molecular weight excluding hydrogens is 299 g/mol. The van der Waals surface area contributed by atoms with Gasteiger partial charge in [-0.1, -0.05) is 12.1 Å². The Bertz CT molecular complexity index is 726. The summed E-state index contributed by atoms with van der Waals surface area (Å²) >= 11 is 0. The first kappa shape index (κ1) is 15.2. The van der Waals surface area contributed by atoms with Crippen LogP contribution in [0.25, 0.3) is 0 Å². The summed E-state index contributed by atoms with van der Waals surface area (Å²) < 4.78 is 14.8. The van der Waals surface area contributed by atoms with Gasteiger partial charge in [-0.2, -0.15) is 0 Å². The van der Waals surface area contributed by atoms with Gasteiger partial charge < -0.3 is 9.47 Å². The first-order valence-electron chi connectivity index (χ1n) is 7.34. The second kappa shape index (κ2) is 6.20. The second-order valence-corrected chi connectivity index (χ2v) is 5.51. The van der Waals surface area contributed by atoms with Crippen LogP contribution in [0.4, 0.5) is 9.18 Å². The number of benzene rings is 1. The third-order valence-electron chi connectivity index (χ3n) is 3.90. The second-order valence-electron chi connectivity index (χ2n) is 5.51. The van der Waals surface area contributed by atoms with E-state index in [1.807, 2.05) is 17.8 Å². The van der Waals surface area contributed by atoms with E-state index >= 15 is 0 Å². The molecule has 1 aliphatic rings. The standard InChI is InChI=1S/C16H17FN4O2/c1-19-9-7-18-14(19)6-8-21-15(22)11-20(16(21)23)10-12-2-4-13(17)5-3-12/h2-5,7,9H,6,8,10-11H2,1H3. The zero-order chi connectivity index (χ0) is 16.4. The van der Waals surface area contributed by atoms with Crippen LogP contribution in [0.2, 0.25) is 0 Å². The van der Waals surface area contributed by atoms with Crippen LogP contribution in [-0.4, -0.2) is 44.4 Å². The lowest BCUT2D eigenvalue weighted by Crippen LogP contribution is -2.34. The Balaban J connectivity index is 1.63. The molecule has 0 spiro atoms. The summed E-state index contributed by atoms with van der Waals surface area (Å²) in [5.41, 5.74) is 0.790. The van der Waals surface area contributed by atoms with Crippen LogP contribution in [0.1, 0.15) is 11.4 Å². The molecule has 1 saturated heterocycles. The number of nitrogens with zero attached hydrogens (tertiary/aromatic N) is 4. The lowest BCUT2D eigenvalue weighted by molar-refractivity contribution is -0.125. The zero-order valence-electron chi connectivity index (χ0n) is 12.8. The van der Waals surface area contributed by atoms with Gasteiger partial charge in [0.25, 0.3) is 0 Å². The molecule has 3 amide bonds. The molecule has 120 valence electrons. The lowest BCUT2D eigenvalue weighted by atomic mass is 10.2. The zero-order valence-corrected chi connectivity index (χ0v) is 12.8. The summed E-state index contributed by atoms with van der Waals surface area (Å²) in [7, 11) is 1.87. The quantitative estimate of drug-likeness (QED) is 0.787. The van der Waals surface area contributed by atoms with Crippen LogP contribution < -0.4 is 0 Å². The van der Waals surface area contributed by atoms with E-state index < -0.39 is 0 Å². The highest BCUT2D eigenvalue weighted by Crippen LogP contribution is 2.15. The number of hydrogen-bond acceptors (Lipinski definition) is 3. The third-order valence-corrected chi connectivity index (χ3v) is 3.90. The van der Waals surface area contributed by atoms with Gasteiger partial charge in [-0.25, -0.2) is 14.2 Å². The first-order valence-corrected chi connectivity index (χ1v) is 7.34. The maximum Gasteiger partial charge on any atom is 0.327 e. The number of imide groups is 1. The maximum absolute atomic E-state index is 12.9. The number of carbonyl (C=O) groups is 2. The fraction of sp³-hybridized carbons (Fsp3) is 0.312. The highest BCUT2D eigenvalue weighted by atomic mass is 19.1. The molecule has 0 aliphatic carbocycles. The number of urea groups is 1. The molecule has 1 aromatic heterocycles. The minimum atomic E-state index is -0.325. The van der Waals surface area contributed by atoms with E-state index in [9.17, 15) is 14.0 Å². The van der Waals surface area contributed by atoms with Crippen molar-refractivity contribution >= 4 is 11.9 Å². The van der Waals surface area contributed by atoms with Gasteiger partial charge in [0.2, 0.25) is 5.91 Å². The average molecular weight is 316 g/mol. The van der Waals surface area contributed by atoms with E-state index in [1.54, 1.807) is 18.3 Å². The molecular formula is C16H17FN4O2. The normalized spacial score (nSPS) is 14.9. The molecule has 1 aromatic carbocycles. The van der Waals surface area contributed by atoms with E-state index in [4.69, 9.17) is 0 Å². The first-order chi connectivity index (χ1) is 11.0. The molecule has 2 aromatic rings. The summed E-state index contributed by atoms with van der Waals surface area (Å²) in [6.45, 7) is 0.656. The van der Waals surface area contributed by atoms with Crippen molar-refractivity contribution < 1.29 is 14.0 Å². The highest BCUT2D eigenvalue weighted by Gasteiger charge is 2.35. The molecule has 0 unspecified atom stereocenters. The molecule has 0 atom stereocenters. The van der Waals surface area contributed by atoms with E-state index in [2.05, 4.69) is 4.98 Å². The van der Waals surface area contributed by atoms with Crippen molar-refractivity contribution in [2.75, 3.05) is 13.1 Å². The van der Waals surface area contributed by atoms with Crippen molar-refractivity contribution in [3.63, 3.8) is 0 Å². The predicted octanol–water partition coefficient (Wildman–Crippen LogP) is 1.57. The molecule has 0 saturated carbocycles. The topological polar surface area (TPSA) is 58.4 Å². The molecule has 0 radical (unpaired) electrons. The third kappa shape index (κ3) is 3.23. The number of halogens is 1. The minimum absolute atomic E-state index is 0.0524. The molecule has 0 N–H and O–H groups in total. The Hall–Kier alpha value is -2.70. The van der Waals surface area contributed by atoms with Crippen LogP contribution in [0.5, 0.6) is 0 Å². The number of hydrogen-bond donors (Lipinski definition) is 0. The molecule has 1 fully saturated rings. The Kier molecular flexibility index (Phi) is 4.10. The molecule has 3 rings (SSSR count). The lowest BCUT2D eigenvalue weighted by Gasteiger charge is -2.17. The molecule has 23 heavy (non-hydrogen) atoms. The minimum Gasteiger partial charge on any atom is -0.338 e. The van der Waals surface area contributed by atoms with Gasteiger partial charge in [0.15, 0.2) is 0 Å². The molecule has 0 bridgehead atoms. The molecule has 7 heteroatoms. The van der Waals surface area contributed by atoms with Gasteiger partial charge in [0.1, 0.15) is 18.2 Å². The van der Waals surface area contributed by atoms with Crippen LogP contribution >= 0.6 is 0 Å². The summed E-state index contributed by atoms with van der Waals surface area (Å²) in [4.78, 5) is 31.3. The smallest absolute Gasteiger partial charge is 0.327 e. The predicted molar refractivity (Wildman–Crippen MR) is 80.8 cm³/mol. The SMILES string of the molecule is Cn1ccnc1CCN1C(=O)CN(Cc2ccc(F)cc2)C1=O. The summed E-state index contributed by atoms with van der Waals surface area (Å²) in [5.74, 6) is 0.281. The van der Waals surface area contributed by atoms with Crippen LogP contribution in [0.15, 0.2) is 36.7 Å². The van der Waals surface area contributed by atoms with Gasteiger partial charge in [0.05, 0.1) is 0 Å². The summed E-state index contributed by atoms with van der Waals surface area (Å²) in [6, 6.07) is 5.61. The van der Waals surface area contributed by atoms with Crippen LogP contribution in [0, 0.1) is 5.82 Å². The van der Waals surface area contributed by atoms with Gasteiger partial charge >= 0.3 is 6.03 Å². The number of rotatable bonds is 5. The van der Waals surface area contributed by atoms with E-state index in [0.717, 1.165) is 11.4 Å². The Morgan fingerprint density at radius 3 is 2.61 bits per heavy atom. The Morgan fingerprint density at radius 1 is 1.22 bits per heavy atom. The number of aryl methyl sites for hydroxylation is 1. The molecule has 1 aliphatic heterocycles. The van der Waals surface area contributed by atoms with E-state index in [1.165, 1.54) is 21.9 Å². The fourth-order valence-corrected chi connectivity index (χ4v) is 2.60. The largest absolute Gasteiger partial charge is 0.338 e. The number of carbonyl (C=O) groups excluding carboxylic acids is 2. The fourth-order valence-electron chi connectivity index (χ4n) is 2.60. The van der Waals surface area contributed by atoms with Crippen LogP contribution in [0.3, 0.4) is 0 Å². The van der Waals surface area contributed by atoms with Crippen molar-refractivity contribution in [1.29, 1.82) is 0 Å². The Labute approximate surface area is 133 Å². The van der Waals surface area contributed by atoms with Gasteiger partial charge in [-0.3, -0.25) is 9.69 Å². The molecule has 6 nitrogen and oxygen atoms in total. The van der Waals surface area contributed by atoms with Crippen molar-refractivity contribution in [3.8, 4) is 0 Å². The average Bonchev–Trinajstić information content (AvgIpc) is 3.04. The number of amides is 3. The van der Waals surface area contributed by atoms with E-state index in [0.29, 0.717) is 19.5 Å². The summed E-state index contributed by atoms with van der Waals surface area (Å²) in [5, 5.41) is 0. The van der Waals surface area contributed by atoms with Crippen molar-refractivity contribution in [2.45, 2.75) is 13.0 Å². The Morgan fingerprint density at radius 2 is 1.96 bits per heavy atom. The van der Waals surface area contributed by atoms with Crippen molar-refractivity contribution in [1.82, 2.24) is 19.4 Å².